The Hall–Kier alpha value is -2.70. The molecular formula is C26H39FN2O3. The van der Waals surface area contributed by atoms with Gasteiger partial charge in [-0.3, -0.25) is 4.39 Å². The molecule has 2 heterocycles. The van der Waals surface area contributed by atoms with E-state index in [1.165, 1.54) is 16.8 Å². The van der Waals surface area contributed by atoms with Crippen LogP contribution < -0.4 is 5.32 Å². The summed E-state index contributed by atoms with van der Waals surface area (Å²) in [5.41, 5.74) is 5.44. The monoisotopic (exact) mass is 446 g/mol. The van der Waals surface area contributed by atoms with E-state index in [0.29, 0.717) is 12.7 Å². The van der Waals surface area contributed by atoms with Gasteiger partial charge in [-0.25, -0.2) is 4.79 Å². The van der Waals surface area contributed by atoms with Crippen LogP contribution in [0.3, 0.4) is 0 Å². The summed E-state index contributed by atoms with van der Waals surface area (Å²) in [6.07, 6.45) is 7.70. The van der Waals surface area contributed by atoms with Crippen LogP contribution in [0.1, 0.15) is 55.7 Å². The van der Waals surface area contributed by atoms with E-state index in [9.17, 15) is 9.18 Å². The number of carbonyl (C=O) groups is 1. The predicted octanol–water partition coefficient (Wildman–Crippen LogP) is 5.72. The molecular weight excluding hydrogens is 407 g/mol. The quantitative estimate of drug-likeness (QED) is 0.258. The van der Waals surface area contributed by atoms with Crippen molar-refractivity contribution in [1.29, 1.82) is 0 Å². The first-order valence-corrected chi connectivity index (χ1v) is 11.0. The van der Waals surface area contributed by atoms with Crippen molar-refractivity contribution in [2.24, 2.45) is 0 Å². The molecule has 1 aliphatic rings. The van der Waals surface area contributed by atoms with Crippen molar-refractivity contribution in [3.05, 3.63) is 72.0 Å². The van der Waals surface area contributed by atoms with E-state index in [4.69, 9.17) is 5.11 Å². The Kier molecular flexibility index (Phi) is 15.5. The first-order valence-electron chi connectivity index (χ1n) is 11.0. The van der Waals surface area contributed by atoms with Gasteiger partial charge >= 0.3 is 5.97 Å². The van der Waals surface area contributed by atoms with Gasteiger partial charge in [0.25, 0.3) is 0 Å². The van der Waals surface area contributed by atoms with Crippen LogP contribution in [0.4, 0.5) is 4.39 Å². The number of alkyl halides is 1. The minimum atomic E-state index is -0.591. The molecule has 0 radical (unpaired) electrons. The number of nitrogens with one attached hydrogen (secondary N) is 1. The van der Waals surface area contributed by atoms with Gasteiger partial charge in [0, 0.05) is 42.7 Å². The number of aryl methyl sites for hydroxylation is 1. The van der Waals surface area contributed by atoms with Crippen LogP contribution in [0.15, 0.2) is 55.2 Å². The van der Waals surface area contributed by atoms with Crippen molar-refractivity contribution >= 4 is 16.9 Å². The lowest BCUT2D eigenvalue weighted by Gasteiger charge is -2.15. The molecule has 0 unspecified atom stereocenters. The number of rotatable bonds is 6. The number of aliphatic hydroxyl groups is 1. The summed E-state index contributed by atoms with van der Waals surface area (Å²) >= 11 is 0. The number of hydrogen-bond donors (Lipinski definition) is 2. The molecule has 0 saturated heterocycles. The fraction of sp³-hybridized carbons (Fsp3) is 0.423. The zero-order chi connectivity index (χ0) is 24.5. The third-order valence-electron chi connectivity index (χ3n) is 4.61. The molecule has 0 bridgehead atoms. The molecule has 2 aromatic rings. The fourth-order valence-electron chi connectivity index (χ4n) is 3.38. The van der Waals surface area contributed by atoms with Gasteiger partial charge in [-0.1, -0.05) is 50.8 Å². The van der Waals surface area contributed by atoms with Crippen molar-refractivity contribution in [1.82, 2.24) is 9.88 Å². The van der Waals surface area contributed by atoms with Gasteiger partial charge < -0.3 is 19.7 Å². The lowest BCUT2D eigenvalue weighted by molar-refractivity contribution is 0.00685. The average Bonchev–Trinajstić information content (AvgIpc) is 3.15. The minimum Gasteiger partial charge on any atom is -0.435 e. The minimum absolute atomic E-state index is 0.480. The average molecular weight is 447 g/mol. The molecule has 0 spiro atoms. The van der Waals surface area contributed by atoms with Crippen LogP contribution in [-0.2, 0) is 24.2 Å². The van der Waals surface area contributed by atoms with Gasteiger partial charge in [-0.05, 0) is 44.0 Å². The van der Waals surface area contributed by atoms with Gasteiger partial charge in [-0.15, -0.1) is 0 Å². The van der Waals surface area contributed by atoms with Crippen LogP contribution >= 0.6 is 0 Å². The Labute approximate surface area is 192 Å². The van der Waals surface area contributed by atoms with E-state index in [-0.39, 0.29) is 0 Å². The summed E-state index contributed by atoms with van der Waals surface area (Å²) in [6, 6.07) is 5.59. The molecule has 1 aliphatic heterocycles. The number of ether oxygens (including phenoxy) is 1. The highest BCUT2D eigenvalue weighted by Gasteiger charge is 2.20. The maximum absolute atomic E-state index is 11.7. The highest BCUT2D eigenvalue weighted by atomic mass is 19.1. The first kappa shape index (κ1) is 29.3. The largest absolute Gasteiger partial charge is 0.435 e. The second-order valence-electron chi connectivity index (χ2n) is 6.71. The predicted molar refractivity (Wildman–Crippen MR) is 133 cm³/mol. The molecule has 3 rings (SSSR count). The molecule has 0 saturated carbocycles. The third kappa shape index (κ3) is 8.44. The molecule has 0 fully saturated rings. The number of allylic oxidation sites excluding steroid dienone is 4. The van der Waals surface area contributed by atoms with Crippen LogP contribution in [0, 0.1) is 0 Å². The van der Waals surface area contributed by atoms with E-state index < -0.39 is 12.8 Å². The van der Waals surface area contributed by atoms with Gasteiger partial charge in [0.05, 0.1) is 12.7 Å². The van der Waals surface area contributed by atoms with Crippen molar-refractivity contribution in [2.45, 2.75) is 53.6 Å². The van der Waals surface area contributed by atoms with E-state index in [2.05, 4.69) is 34.7 Å². The number of benzene rings is 1. The SMILES string of the molecule is C=CC=CCC(=C)C.CC.CCn1c2c(c3cc(C(=O)OCO)ccc31)CNCC2.CF. The van der Waals surface area contributed by atoms with Crippen LogP contribution in [0.5, 0.6) is 0 Å². The Morgan fingerprint density at radius 3 is 2.59 bits per heavy atom. The maximum Gasteiger partial charge on any atom is 0.340 e. The molecule has 2 N–H and O–H groups in total. The lowest BCUT2D eigenvalue weighted by Crippen LogP contribution is -2.24. The van der Waals surface area contributed by atoms with Crippen LogP contribution in [-0.4, -0.2) is 36.2 Å². The molecule has 1 aromatic heterocycles. The number of aromatic nitrogens is 1. The van der Waals surface area contributed by atoms with Gasteiger partial charge in [0.1, 0.15) is 0 Å². The van der Waals surface area contributed by atoms with E-state index >= 15 is 0 Å². The highest BCUT2D eigenvalue weighted by molar-refractivity contribution is 5.96. The third-order valence-corrected chi connectivity index (χ3v) is 4.61. The van der Waals surface area contributed by atoms with Crippen LogP contribution in [0.25, 0.3) is 10.9 Å². The number of nitrogens with zero attached hydrogens (tertiary/aromatic N) is 1. The summed E-state index contributed by atoms with van der Waals surface area (Å²) < 4.78 is 16.5. The number of carbonyl (C=O) groups excluding carboxylic acids is 1. The second kappa shape index (κ2) is 16.9. The molecule has 5 nitrogen and oxygen atoms in total. The molecule has 32 heavy (non-hydrogen) atoms. The van der Waals surface area contributed by atoms with E-state index in [0.717, 1.165) is 43.4 Å². The summed E-state index contributed by atoms with van der Waals surface area (Å²) in [5, 5.41) is 13.2. The molecule has 178 valence electrons. The zero-order valence-corrected chi connectivity index (χ0v) is 20.2. The van der Waals surface area contributed by atoms with E-state index in [1.807, 2.05) is 45.1 Å². The highest BCUT2D eigenvalue weighted by Crippen LogP contribution is 2.29. The van der Waals surface area contributed by atoms with Crippen molar-refractivity contribution in [3.8, 4) is 0 Å². The molecule has 1 aromatic carbocycles. The summed E-state index contributed by atoms with van der Waals surface area (Å²) in [6.45, 7) is 17.6. The van der Waals surface area contributed by atoms with Gasteiger partial charge in [-0.2, -0.15) is 0 Å². The van der Waals surface area contributed by atoms with Crippen molar-refractivity contribution < 1.29 is 19.0 Å². The number of fused-ring (bicyclic) bond motifs is 3. The smallest absolute Gasteiger partial charge is 0.340 e. The fourth-order valence-corrected chi connectivity index (χ4v) is 3.38. The lowest BCUT2D eigenvalue weighted by atomic mass is 10.0. The summed E-state index contributed by atoms with van der Waals surface area (Å²) in [7, 11) is 0.500. The molecule has 6 heteroatoms. The standard InChI is InChI=1S/C15H18N2O3.C8H12.C2H6.CH3F/c1-2-17-13-4-3-10(15(19)20-9-18)7-11(13)12-8-16-6-5-14(12)17;1-4-5-6-7-8(2)3;2*1-2/h3-4,7,16,18H,2,5-6,8-9H2,1H3;4-6H,1-2,7H2,3H3;1-2H3;1H3. The Morgan fingerprint density at radius 1 is 1.34 bits per heavy atom. The van der Waals surface area contributed by atoms with Crippen LogP contribution in [0.2, 0.25) is 0 Å². The van der Waals surface area contributed by atoms with Gasteiger partial charge in [0.15, 0.2) is 6.79 Å². The van der Waals surface area contributed by atoms with E-state index in [1.54, 1.807) is 12.1 Å². The number of halogens is 1. The Balaban J connectivity index is 0.000000679. The summed E-state index contributed by atoms with van der Waals surface area (Å²) in [5.74, 6) is -0.490. The molecule has 0 atom stereocenters. The molecule has 0 aliphatic carbocycles. The van der Waals surface area contributed by atoms with Gasteiger partial charge in [0.2, 0.25) is 0 Å². The first-order chi connectivity index (χ1) is 15.5. The topological polar surface area (TPSA) is 63.5 Å². The van der Waals surface area contributed by atoms with Crippen molar-refractivity contribution in [2.75, 3.05) is 20.5 Å². The second-order valence-corrected chi connectivity index (χ2v) is 6.71. The normalized spacial score (nSPS) is 11.7. The number of hydrogen-bond acceptors (Lipinski definition) is 4. The summed E-state index contributed by atoms with van der Waals surface area (Å²) in [4.78, 5) is 11.7. The Morgan fingerprint density at radius 2 is 2.03 bits per heavy atom. The maximum atomic E-state index is 11.7. The Bertz CT molecular complexity index is 885. The molecule has 0 amide bonds. The number of aliphatic hydroxyl groups excluding tert-OH is 1. The number of esters is 1. The zero-order valence-electron chi connectivity index (χ0n) is 20.2. The van der Waals surface area contributed by atoms with Crippen molar-refractivity contribution in [3.63, 3.8) is 0 Å².